The minimum Gasteiger partial charge on any atom is -0.370 e. The summed E-state index contributed by atoms with van der Waals surface area (Å²) < 4.78 is 0. The van der Waals surface area contributed by atoms with Crippen molar-refractivity contribution in [1.82, 2.24) is 9.97 Å². The van der Waals surface area contributed by atoms with E-state index in [9.17, 15) is 4.79 Å². The lowest BCUT2D eigenvalue weighted by molar-refractivity contribution is 0.101. The average molecular weight is 367 g/mol. The number of hydrogen-bond acceptors (Lipinski definition) is 5. The Bertz CT molecular complexity index is 896. The van der Waals surface area contributed by atoms with E-state index in [0.29, 0.717) is 11.5 Å². The van der Waals surface area contributed by atoms with E-state index in [1.807, 2.05) is 42.5 Å². The number of rotatable bonds is 7. The van der Waals surface area contributed by atoms with Gasteiger partial charge in [0.1, 0.15) is 5.82 Å². The number of carbonyl (C=O) groups excluding carboxylic acids is 1. The molecule has 0 saturated carbocycles. The molecule has 26 heavy (non-hydrogen) atoms. The molecule has 0 aliphatic carbocycles. The Morgan fingerprint density at radius 3 is 2.69 bits per heavy atom. The Balaban J connectivity index is 1.60. The molecule has 3 aromatic rings. The molecule has 1 aromatic heterocycles. The molecule has 5 nitrogen and oxygen atoms in total. The second-order valence-corrected chi connectivity index (χ2v) is 6.27. The maximum Gasteiger partial charge on any atom is 0.229 e. The van der Waals surface area contributed by atoms with Crippen molar-refractivity contribution in [3.05, 3.63) is 76.9 Å². The van der Waals surface area contributed by atoms with E-state index >= 15 is 0 Å². The maximum atomic E-state index is 11.5. The number of nitrogens with one attached hydrogen (secondary N) is 2. The highest BCUT2D eigenvalue weighted by Crippen LogP contribution is 2.16. The first-order valence-electron chi connectivity index (χ1n) is 8.29. The number of hydrogen-bond donors (Lipinski definition) is 2. The molecule has 0 aliphatic rings. The quantitative estimate of drug-likeness (QED) is 0.591. The van der Waals surface area contributed by atoms with E-state index in [-0.39, 0.29) is 5.78 Å². The Kier molecular flexibility index (Phi) is 5.81. The summed E-state index contributed by atoms with van der Waals surface area (Å²) in [5.41, 5.74) is 2.62. The van der Waals surface area contributed by atoms with Crippen LogP contribution in [0.5, 0.6) is 0 Å². The van der Waals surface area contributed by atoms with E-state index in [4.69, 9.17) is 11.6 Å². The number of anilines is 3. The van der Waals surface area contributed by atoms with E-state index in [1.54, 1.807) is 25.3 Å². The highest BCUT2D eigenvalue weighted by molar-refractivity contribution is 6.30. The van der Waals surface area contributed by atoms with Gasteiger partial charge in [0.15, 0.2) is 5.78 Å². The van der Waals surface area contributed by atoms with Gasteiger partial charge < -0.3 is 10.6 Å². The molecule has 0 unspecified atom stereocenters. The molecule has 0 bridgehead atoms. The van der Waals surface area contributed by atoms with Gasteiger partial charge in [-0.15, -0.1) is 0 Å². The number of carbonyl (C=O) groups is 1. The molecule has 2 aromatic carbocycles. The van der Waals surface area contributed by atoms with Gasteiger partial charge >= 0.3 is 0 Å². The summed E-state index contributed by atoms with van der Waals surface area (Å²) in [7, 11) is 0. The van der Waals surface area contributed by atoms with Crippen molar-refractivity contribution in [3.8, 4) is 0 Å². The standard InChI is InChI=1S/C20H19ClN4O/c1-14(26)16-3-2-4-18(13-16)24-20-23-12-10-19(25-20)22-11-9-15-5-7-17(21)8-6-15/h2-8,10,12-13H,9,11H2,1H3,(H2,22,23,24,25). The minimum absolute atomic E-state index is 0.0205. The van der Waals surface area contributed by atoms with Crippen LogP contribution in [0.25, 0.3) is 0 Å². The lowest BCUT2D eigenvalue weighted by Gasteiger charge is -2.09. The summed E-state index contributed by atoms with van der Waals surface area (Å²) in [5, 5.41) is 7.15. The Labute approximate surface area is 157 Å². The number of nitrogens with zero attached hydrogens (tertiary/aromatic N) is 2. The molecule has 0 fully saturated rings. The van der Waals surface area contributed by atoms with Crippen molar-refractivity contribution in [2.75, 3.05) is 17.2 Å². The van der Waals surface area contributed by atoms with Crippen LogP contribution in [0.4, 0.5) is 17.5 Å². The lowest BCUT2D eigenvalue weighted by atomic mass is 10.1. The molecule has 0 amide bonds. The molecule has 132 valence electrons. The van der Waals surface area contributed by atoms with Gasteiger partial charge in [-0.3, -0.25) is 4.79 Å². The first-order chi connectivity index (χ1) is 12.6. The summed E-state index contributed by atoms with van der Waals surface area (Å²) in [6, 6.07) is 16.9. The number of aromatic nitrogens is 2. The van der Waals surface area contributed by atoms with Gasteiger partial charge in [0.2, 0.25) is 5.95 Å². The first kappa shape index (κ1) is 17.9. The second kappa shape index (κ2) is 8.45. The number of halogens is 1. The van der Waals surface area contributed by atoms with Gasteiger partial charge in [0.05, 0.1) is 0 Å². The van der Waals surface area contributed by atoms with Crippen molar-refractivity contribution in [2.24, 2.45) is 0 Å². The highest BCUT2D eigenvalue weighted by Gasteiger charge is 2.03. The Hall–Kier alpha value is -2.92. The zero-order valence-corrected chi connectivity index (χ0v) is 15.1. The summed E-state index contributed by atoms with van der Waals surface area (Å²) in [5.74, 6) is 1.23. The van der Waals surface area contributed by atoms with Gasteiger partial charge in [0.25, 0.3) is 0 Å². The first-order valence-corrected chi connectivity index (χ1v) is 8.67. The van der Waals surface area contributed by atoms with Crippen LogP contribution in [0.2, 0.25) is 5.02 Å². The fraction of sp³-hybridized carbons (Fsp3) is 0.150. The molecule has 0 radical (unpaired) electrons. The zero-order chi connectivity index (χ0) is 18.4. The molecular weight excluding hydrogens is 348 g/mol. The van der Waals surface area contributed by atoms with Crippen LogP contribution < -0.4 is 10.6 Å². The fourth-order valence-corrected chi connectivity index (χ4v) is 2.57. The molecule has 0 saturated heterocycles. The molecule has 1 heterocycles. The van der Waals surface area contributed by atoms with Crippen molar-refractivity contribution in [3.63, 3.8) is 0 Å². The van der Waals surface area contributed by atoms with Gasteiger partial charge in [-0.1, -0.05) is 35.9 Å². The molecular formula is C20H19ClN4O. The molecule has 3 rings (SSSR count). The average Bonchev–Trinajstić information content (AvgIpc) is 2.64. The molecule has 0 atom stereocenters. The van der Waals surface area contributed by atoms with Crippen molar-refractivity contribution >= 4 is 34.8 Å². The predicted octanol–water partition coefficient (Wildman–Crippen LogP) is 4.73. The fourth-order valence-electron chi connectivity index (χ4n) is 2.45. The van der Waals surface area contributed by atoms with Crippen LogP contribution in [-0.4, -0.2) is 22.3 Å². The predicted molar refractivity (Wildman–Crippen MR) is 105 cm³/mol. The Morgan fingerprint density at radius 1 is 1.12 bits per heavy atom. The van der Waals surface area contributed by atoms with Gasteiger partial charge in [0, 0.05) is 29.0 Å². The van der Waals surface area contributed by atoms with Crippen LogP contribution in [0, 0.1) is 0 Å². The topological polar surface area (TPSA) is 66.9 Å². The van der Waals surface area contributed by atoms with Gasteiger partial charge in [-0.25, -0.2) is 4.98 Å². The summed E-state index contributed by atoms with van der Waals surface area (Å²) in [6.07, 6.45) is 2.55. The third kappa shape index (κ3) is 5.04. The van der Waals surface area contributed by atoms with Crippen molar-refractivity contribution in [1.29, 1.82) is 0 Å². The smallest absolute Gasteiger partial charge is 0.229 e. The second-order valence-electron chi connectivity index (χ2n) is 5.83. The third-order valence-corrected chi connectivity index (χ3v) is 4.07. The molecule has 0 aliphatic heterocycles. The minimum atomic E-state index is 0.0205. The van der Waals surface area contributed by atoms with Crippen molar-refractivity contribution < 1.29 is 4.79 Å². The monoisotopic (exact) mass is 366 g/mol. The largest absolute Gasteiger partial charge is 0.370 e. The van der Waals surface area contributed by atoms with E-state index in [0.717, 1.165) is 29.5 Å². The maximum absolute atomic E-state index is 11.5. The van der Waals surface area contributed by atoms with Crippen molar-refractivity contribution in [2.45, 2.75) is 13.3 Å². The van der Waals surface area contributed by atoms with E-state index < -0.39 is 0 Å². The van der Waals surface area contributed by atoms with Gasteiger partial charge in [-0.05, 0) is 49.2 Å². The van der Waals surface area contributed by atoms with Crippen LogP contribution in [0.3, 0.4) is 0 Å². The number of ketones is 1. The summed E-state index contributed by atoms with van der Waals surface area (Å²) >= 11 is 5.89. The zero-order valence-electron chi connectivity index (χ0n) is 14.4. The van der Waals surface area contributed by atoms with Gasteiger partial charge in [-0.2, -0.15) is 4.98 Å². The van der Waals surface area contributed by atoms with Crippen LogP contribution in [0.1, 0.15) is 22.8 Å². The molecule has 0 spiro atoms. The van der Waals surface area contributed by atoms with E-state index in [1.165, 1.54) is 5.56 Å². The Morgan fingerprint density at radius 2 is 1.92 bits per heavy atom. The van der Waals surface area contributed by atoms with E-state index in [2.05, 4.69) is 20.6 Å². The normalized spacial score (nSPS) is 10.4. The number of benzene rings is 2. The van der Waals surface area contributed by atoms with Crippen LogP contribution >= 0.6 is 11.6 Å². The third-order valence-electron chi connectivity index (χ3n) is 3.81. The summed E-state index contributed by atoms with van der Waals surface area (Å²) in [6.45, 7) is 2.29. The van der Waals surface area contributed by atoms with Crippen LogP contribution in [-0.2, 0) is 6.42 Å². The molecule has 2 N–H and O–H groups in total. The highest BCUT2D eigenvalue weighted by atomic mass is 35.5. The van der Waals surface area contributed by atoms with Crippen LogP contribution in [0.15, 0.2) is 60.8 Å². The summed E-state index contributed by atoms with van der Waals surface area (Å²) in [4.78, 5) is 20.2. The lowest BCUT2D eigenvalue weighted by Crippen LogP contribution is -2.08. The SMILES string of the molecule is CC(=O)c1cccc(Nc2nccc(NCCc3ccc(Cl)cc3)n2)c1. The number of Topliss-reactive ketones (excluding diaryl/α,β-unsaturated/α-hetero) is 1. The molecule has 6 heteroatoms.